The predicted octanol–water partition coefficient (Wildman–Crippen LogP) is 5.79. The Hall–Kier alpha value is -0.120. The van der Waals surface area contributed by atoms with Crippen LogP contribution in [0.5, 0.6) is 0 Å². The van der Waals surface area contributed by atoms with Crippen LogP contribution in [-0.4, -0.2) is 29.7 Å². The van der Waals surface area contributed by atoms with Gasteiger partial charge in [0.2, 0.25) is 0 Å². The SMILES string of the molecule is C[C@@H]1CC[C@]2(OC1)O[C@H]1C[C@H]3[C@H]4CC[C@@H]5C[C@H](O)CC[C@]5(C)[C@H]4CC[C@@]3(C)[C@H]1[C@@H]2C. The second-order valence-corrected chi connectivity index (χ2v) is 13.1. The summed E-state index contributed by atoms with van der Waals surface area (Å²) >= 11 is 0. The van der Waals surface area contributed by atoms with Gasteiger partial charge >= 0.3 is 0 Å². The van der Waals surface area contributed by atoms with Crippen molar-refractivity contribution in [1.82, 2.24) is 0 Å². The van der Waals surface area contributed by atoms with Crippen LogP contribution >= 0.6 is 0 Å². The summed E-state index contributed by atoms with van der Waals surface area (Å²) in [7, 11) is 0. The lowest BCUT2D eigenvalue weighted by molar-refractivity contribution is -0.273. The molecule has 170 valence electrons. The molecule has 3 heteroatoms. The molecule has 0 aromatic carbocycles. The molecule has 4 saturated carbocycles. The summed E-state index contributed by atoms with van der Waals surface area (Å²) < 4.78 is 13.4. The van der Waals surface area contributed by atoms with E-state index in [1.54, 1.807) is 0 Å². The summed E-state index contributed by atoms with van der Waals surface area (Å²) in [6.45, 7) is 10.9. The lowest BCUT2D eigenvalue weighted by atomic mass is 9.44. The Labute approximate surface area is 183 Å². The van der Waals surface area contributed by atoms with Gasteiger partial charge in [-0.1, -0.05) is 27.7 Å². The van der Waals surface area contributed by atoms with E-state index in [4.69, 9.17) is 9.47 Å². The summed E-state index contributed by atoms with van der Waals surface area (Å²) in [4.78, 5) is 0. The number of fused-ring (bicyclic) bond motifs is 7. The molecule has 0 unspecified atom stereocenters. The van der Waals surface area contributed by atoms with Crippen molar-refractivity contribution in [3.8, 4) is 0 Å². The summed E-state index contributed by atoms with van der Waals surface area (Å²) in [5, 5.41) is 10.3. The number of hydrogen-bond donors (Lipinski definition) is 1. The molecule has 30 heavy (non-hydrogen) atoms. The molecule has 0 amide bonds. The largest absolute Gasteiger partial charge is 0.393 e. The molecule has 6 rings (SSSR count). The molecule has 2 heterocycles. The van der Waals surface area contributed by atoms with Crippen molar-refractivity contribution in [2.45, 2.75) is 110 Å². The van der Waals surface area contributed by atoms with E-state index >= 15 is 0 Å². The molecule has 6 aliphatic rings. The summed E-state index contributed by atoms with van der Waals surface area (Å²) in [6, 6.07) is 0. The maximum atomic E-state index is 10.3. The van der Waals surface area contributed by atoms with Crippen LogP contribution in [0.3, 0.4) is 0 Å². The van der Waals surface area contributed by atoms with Crippen LogP contribution in [0.2, 0.25) is 0 Å². The highest BCUT2D eigenvalue weighted by Crippen LogP contribution is 2.71. The van der Waals surface area contributed by atoms with Crippen molar-refractivity contribution in [3.63, 3.8) is 0 Å². The standard InChI is InChI=1S/C27H44O3/c1-16-7-12-27(29-15-16)17(2)24-23(30-27)14-22-20-6-5-18-13-19(28)8-10-25(18,3)21(20)9-11-26(22,24)4/h16-24,28H,5-15H2,1-4H3/t16-,17+,18-,19-,20+,21+,22+,23+,24+,25+,26-,27+/m1/s1. The second-order valence-electron chi connectivity index (χ2n) is 13.1. The summed E-state index contributed by atoms with van der Waals surface area (Å²) in [5.41, 5.74) is 0.899. The van der Waals surface area contributed by atoms with Crippen LogP contribution < -0.4 is 0 Å². The van der Waals surface area contributed by atoms with E-state index in [0.29, 0.717) is 34.7 Å². The van der Waals surface area contributed by atoms with Gasteiger partial charge in [0, 0.05) is 12.3 Å². The number of ether oxygens (including phenoxy) is 2. The fraction of sp³-hybridized carbons (Fsp3) is 1.00. The molecule has 2 saturated heterocycles. The van der Waals surface area contributed by atoms with E-state index in [1.165, 1.54) is 44.9 Å². The highest BCUT2D eigenvalue weighted by Gasteiger charge is 2.69. The van der Waals surface area contributed by atoms with Crippen LogP contribution in [0.15, 0.2) is 0 Å². The highest BCUT2D eigenvalue weighted by molar-refractivity contribution is 5.15. The predicted molar refractivity (Wildman–Crippen MR) is 118 cm³/mol. The zero-order valence-corrected chi connectivity index (χ0v) is 19.7. The second kappa shape index (κ2) is 6.70. The van der Waals surface area contributed by atoms with Gasteiger partial charge in [0.1, 0.15) is 0 Å². The van der Waals surface area contributed by atoms with Crippen LogP contribution in [0.25, 0.3) is 0 Å². The van der Waals surface area contributed by atoms with Gasteiger partial charge in [0.25, 0.3) is 0 Å². The Bertz CT molecular complexity index is 684. The van der Waals surface area contributed by atoms with Crippen molar-refractivity contribution in [1.29, 1.82) is 0 Å². The quantitative estimate of drug-likeness (QED) is 0.543. The molecule has 2 aliphatic heterocycles. The van der Waals surface area contributed by atoms with E-state index in [1.807, 2.05) is 0 Å². The smallest absolute Gasteiger partial charge is 0.171 e. The maximum Gasteiger partial charge on any atom is 0.171 e. The van der Waals surface area contributed by atoms with Crippen molar-refractivity contribution >= 4 is 0 Å². The number of aliphatic hydroxyl groups excluding tert-OH is 1. The minimum atomic E-state index is -0.282. The van der Waals surface area contributed by atoms with Gasteiger partial charge in [-0.3, -0.25) is 0 Å². The zero-order valence-electron chi connectivity index (χ0n) is 19.7. The van der Waals surface area contributed by atoms with Gasteiger partial charge < -0.3 is 14.6 Å². The molecule has 0 bridgehead atoms. The Balaban J connectivity index is 1.26. The van der Waals surface area contributed by atoms with Crippen molar-refractivity contribution in [2.24, 2.45) is 52.3 Å². The third-order valence-corrected chi connectivity index (χ3v) is 11.9. The minimum Gasteiger partial charge on any atom is -0.393 e. The van der Waals surface area contributed by atoms with E-state index in [-0.39, 0.29) is 11.9 Å². The van der Waals surface area contributed by atoms with E-state index in [2.05, 4.69) is 27.7 Å². The molecule has 12 atom stereocenters. The lowest BCUT2D eigenvalue weighted by Crippen LogP contribution is -2.55. The average molecular weight is 417 g/mol. The number of rotatable bonds is 0. The first-order chi connectivity index (χ1) is 14.3. The van der Waals surface area contributed by atoms with Crippen molar-refractivity contribution < 1.29 is 14.6 Å². The molecule has 0 aromatic rings. The van der Waals surface area contributed by atoms with Crippen LogP contribution in [0, 0.1) is 52.3 Å². The Morgan fingerprint density at radius 3 is 2.40 bits per heavy atom. The van der Waals surface area contributed by atoms with Crippen molar-refractivity contribution in [3.05, 3.63) is 0 Å². The molecule has 1 N–H and O–H groups in total. The molecule has 0 aromatic heterocycles. The number of aliphatic hydroxyl groups is 1. The first kappa shape index (κ1) is 20.5. The molecule has 4 aliphatic carbocycles. The highest BCUT2D eigenvalue weighted by atomic mass is 16.7. The lowest BCUT2D eigenvalue weighted by Gasteiger charge is -2.61. The average Bonchev–Trinajstić information content (AvgIpc) is 3.16. The van der Waals surface area contributed by atoms with Gasteiger partial charge in [-0.25, -0.2) is 0 Å². The normalized spacial score (nSPS) is 62.5. The molecule has 6 fully saturated rings. The van der Waals surface area contributed by atoms with Gasteiger partial charge in [0.15, 0.2) is 5.79 Å². The molecule has 1 spiro atoms. The molecule has 0 radical (unpaired) electrons. The first-order valence-electron chi connectivity index (χ1n) is 13.3. The maximum absolute atomic E-state index is 10.3. The monoisotopic (exact) mass is 416 g/mol. The fourth-order valence-corrected chi connectivity index (χ4v) is 10.3. The minimum absolute atomic E-state index is 0.0389. The Morgan fingerprint density at radius 1 is 0.833 bits per heavy atom. The van der Waals surface area contributed by atoms with E-state index < -0.39 is 0 Å². The third-order valence-electron chi connectivity index (χ3n) is 11.9. The van der Waals surface area contributed by atoms with Crippen LogP contribution in [0.1, 0.15) is 91.9 Å². The molecule has 3 nitrogen and oxygen atoms in total. The fourth-order valence-electron chi connectivity index (χ4n) is 10.3. The first-order valence-corrected chi connectivity index (χ1v) is 13.3. The summed E-state index contributed by atoms with van der Waals surface area (Å²) in [5.74, 6) is 4.93. The molecular formula is C27H44O3. The van der Waals surface area contributed by atoms with Crippen LogP contribution in [0.4, 0.5) is 0 Å². The third kappa shape index (κ3) is 2.61. The van der Waals surface area contributed by atoms with E-state index in [0.717, 1.165) is 49.5 Å². The zero-order chi connectivity index (χ0) is 20.9. The van der Waals surface area contributed by atoms with Crippen LogP contribution in [-0.2, 0) is 9.47 Å². The number of hydrogen-bond acceptors (Lipinski definition) is 3. The van der Waals surface area contributed by atoms with E-state index in [9.17, 15) is 5.11 Å². The van der Waals surface area contributed by atoms with Gasteiger partial charge in [-0.15, -0.1) is 0 Å². The van der Waals surface area contributed by atoms with Gasteiger partial charge in [0.05, 0.1) is 18.8 Å². The summed E-state index contributed by atoms with van der Waals surface area (Å²) in [6.07, 6.45) is 12.9. The Kier molecular flexibility index (Phi) is 4.58. The van der Waals surface area contributed by atoms with Crippen molar-refractivity contribution in [2.75, 3.05) is 6.61 Å². The molecular weight excluding hydrogens is 372 g/mol. The Morgan fingerprint density at radius 2 is 1.63 bits per heavy atom. The van der Waals surface area contributed by atoms with Gasteiger partial charge in [-0.2, -0.15) is 0 Å². The topological polar surface area (TPSA) is 38.7 Å². The van der Waals surface area contributed by atoms with Gasteiger partial charge in [-0.05, 0) is 104 Å².